The number of piperidine rings is 1. The predicted octanol–water partition coefficient (Wildman–Crippen LogP) is 3.83. The summed E-state index contributed by atoms with van der Waals surface area (Å²) in [6.45, 7) is 2.63. The average Bonchev–Trinajstić information content (AvgIpc) is 2.65. The van der Waals surface area contributed by atoms with Gasteiger partial charge in [-0.15, -0.1) is 0 Å². The van der Waals surface area contributed by atoms with Gasteiger partial charge in [0.2, 0.25) is 15.9 Å². The zero-order valence-corrected chi connectivity index (χ0v) is 16.8. The van der Waals surface area contributed by atoms with Crippen molar-refractivity contribution in [2.45, 2.75) is 25.5 Å². The number of sulfonamides is 1. The first kappa shape index (κ1) is 19.9. The van der Waals surface area contributed by atoms with Crippen LogP contribution in [0.15, 0.2) is 48.5 Å². The molecule has 27 heavy (non-hydrogen) atoms. The van der Waals surface area contributed by atoms with Crippen molar-refractivity contribution in [2.75, 3.05) is 18.4 Å². The summed E-state index contributed by atoms with van der Waals surface area (Å²) in [5.41, 5.74) is 2.38. The molecule has 2 aromatic carbocycles. The Balaban J connectivity index is 1.56. The number of halogens is 1. The molecule has 0 atom stereocenters. The number of rotatable bonds is 5. The summed E-state index contributed by atoms with van der Waals surface area (Å²) in [6, 6.07) is 14.6. The van der Waals surface area contributed by atoms with Crippen molar-refractivity contribution in [3.05, 3.63) is 64.7 Å². The maximum Gasteiger partial charge on any atom is 0.227 e. The van der Waals surface area contributed by atoms with Crippen LogP contribution in [0.2, 0.25) is 5.02 Å². The highest BCUT2D eigenvalue weighted by Crippen LogP contribution is 2.25. The molecule has 5 nitrogen and oxygen atoms in total. The van der Waals surface area contributed by atoms with Gasteiger partial charge in [-0.25, -0.2) is 12.7 Å². The summed E-state index contributed by atoms with van der Waals surface area (Å²) in [5.74, 6) is -0.296. The van der Waals surface area contributed by atoms with Gasteiger partial charge < -0.3 is 5.32 Å². The zero-order valence-electron chi connectivity index (χ0n) is 15.2. The quantitative estimate of drug-likeness (QED) is 0.820. The van der Waals surface area contributed by atoms with Crippen LogP contribution in [0.1, 0.15) is 24.0 Å². The monoisotopic (exact) mass is 406 g/mol. The van der Waals surface area contributed by atoms with E-state index in [2.05, 4.69) is 5.32 Å². The van der Waals surface area contributed by atoms with E-state index >= 15 is 0 Å². The fourth-order valence-electron chi connectivity index (χ4n) is 3.19. The molecule has 0 unspecified atom stereocenters. The molecule has 3 rings (SSSR count). The molecule has 7 heteroatoms. The summed E-state index contributed by atoms with van der Waals surface area (Å²) in [4.78, 5) is 12.5. The van der Waals surface area contributed by atoms with Gasteiger partial charge in [-0.3, -0.25) is 4.79 Å². The van der Waals surface area contributed by atoms with Crippen LogP contribution in [0.5, 0.6) is 0 Å². The van der Waals surface area contributed by atoms with E-state index in [1.165, 1.54) is 4.31 Å². The fraction of sp³-hybridized carbons (Fsp3) is 0.350. The van der Waals surface area contributed by atoms with Crippen LogP contribution >= 0.6 is 11.6 Å². The van der Waals surface area contributed by atoms with Crippen LogP contribution < -0.4 is 5.32 Å². The Morgan fingerprint density at radius 3 is 2.44 bits per heavy atom. The third-order valence-electron chi connectivity index (χ3n) is 4.85. The molecule has 1 fully saturated rings. The minimum atomic E-state index is -3.37. The lowest BCUT2D eigenvalue weighted by molar-refractivity contribution is -0.120. The molecule has 0 aliphatic carbocycles. The molecule has 1 aliphatic heterocycles. The van der Waals surface area contributed by atoms with Gasteiger partial charge in [0.05, 0.1) is 5.75 Å². The molecule has 1 aliphatic rings. The van der Waals surface area contributed by atoms with Crippen LogP contribution in [0.3, 0.4) is 0 Å². The molecule has 2 aromatic rings. The minimum Gasteiger partial charge on any atom is -0.326 e. The third kappa shape index (κ3) is 5.09. The number of hydrogen-bond acceptors (Lipinski definition) is 3. The molecule has 0 radical (unpaired) electrons. The highest BCUT2D eigenvalue weighted by Gasteiger charge is 2.31. The smallest absolute Gasteiger partial charge is 0.227 e. The lowest BCUT2D eigenvalue weighted by Crippen LogP contribution is -2.41. The van der Waals surface area contributed by atoms with Crippen molar-refractivity contribution in [3.8, 4) is 0 Å². The Morgan fingerprint density at radius 1 is 1.15 bits per heavy atom. The van der Waals surface area contributed by atoms with Crippen LogP contribution in [-0.2, 0) is 20.6 Å². The lowest BCUT2D eigenvalue weighted by Gasteiger charge is -2.30. The molecule has 0 spiro atoms. The second-order valence-corrected chi connectivity index (χ2v) is 9.24. The van der Waals surface area contributed by atoms with E-state index in [1.54, 1.807) is 6.07 Å². The SMILES string of the molecule is Cc1ccc(NC(=O)C2CCN(S(=O)(=O)Cc3ccccc3)CC2)cc1Cl. The van der Waals surface area contributed by atoms with Crippen molar-refractivity contribution in [2.24, 2.45) is 5.92 Å². The molecule has 0 aromatic heterocycles. The lowest BCUT2D eigenvalue weighted by atomic mass is 9.97. The average molecular weight is 407 g/mol. The maximum absolute atomic E-state index is 12.6. The van der Waals surface area contributed by atoms with E-state index in [9.17, 15) is 13.2 Å². The summed E-state index contributed by atoms with van der Waals surface area (Å²) in [6.07, 6.45) is 1.03. The topological polar surface area (TPSA) is 66.5 Å². The van der Waals surface area contributed by atoms with Gasteiger partial charge >= 0.3 is 0 Å². The number of anilines is 1. The molecule has 1 N–H and O–H groups in total. The van der Waals surface area contributed by atoms with E-state index in [1.807, 2.05) is 49.4 Å². The molecule has 1 amide bonds. The van der Waals surface area contributed by atoms with Gasteiger partial charge in [-0.05, 0) is 43.0 Å². The number of nitrogens with zero attached hydrogens (tertiary/aromatic N) is 1. The Hall–Kier alpha value is -1.89. The third-order valence-corrected chi connectivity index (χ3v) is 7.11. The molecule has 0 bridgehead atoms. The van der Waals surface area contributed by atoms with Gasteiger partial charge in [0.25, 0.3) is 0 Å². The van der Waals surface area contributed by atoms with Crippen molar-refractivity contribution in [1.82, 2.24) is 4.31 Å². The Morgan fingerprint density at radius 2 is 1.81 bits per heavy atom. The van der Waals surface area contributed by atoms with Gasteiger partial charge in [0.15, 0.2) is 0 Å². The first-order valence-corrected chi connectivity index (χ1v) is 10.9. The maximum atomic E-state index is 12.6. The Labute approximate surface area is 165 Å². The molecule has 144 valence electrons. The molecule has 1 heterocycles. The number of hydrogen-bond donors (Lipinski definition) is 1. The molecular weight excluding hydrogens is 384 g/mol. The number of carbonyl (C=O) groups excluding carboxylic acids is 1. The summed E-state index contributed by atoms with van der Waals surface area (Å²) in [7, 11) is -3.37. The van der Waals surface area contributed by atoms with Crippen molar-refractivity contribution < 1.29 is 13.2 Å². The zero-order chi connectivity index (χ0) is 19.4. The molecule has 1 saturated heterocycles. The second kappa shape index (κ2) is 8.42. The first-order valence-electron chi connectivity index (χ1n) is 8.94. The van der Waals surface area contributed by atoms with Crippen LogP contribution in [0.25, 0.3) is 0 Å². The highest BCUT2D eigenvalue weighted by molar-refractivity contribution is 7.88. The van der Waals surface area contributed by atoms with E-state index in [0.717, 1.165) is 11.1 Å². The van der Waals surface area contributed by atoms with E-state index in [0.29, 0.717) is 36.6 Å². The highest BCUT2D eigenvalue weighted by atomic mass is 35.5. The van der Waals surface area contributed by atoms with Crippen LogP contribution in [-0.4, -0.2) is 31.7 Å². The Kier molecular flexibility index (Phi) is 6.19. The summed E-state index contributed by atoms with van der Waals surface area (Å²) in [5, 5.41) is 3.49. The van der Waals surface area contributed by atoms with Crippen molar-refractivity contribution in [3.63, 3.8) is 0 Å². The van der Waals surface area contributed by atoms with Crippen molar-refractivity contribution >= 4 is 33.2 Å². The van der Waals surface area contributed by atoms with E-state index in [-0.39, 0.29) is 17.6 Å². The second-order valence-electron chi connectivity index (χ2n) is 6.87. The number of benzene rings is 2. The fourth-order valence-corrected chi connectivity index (χ4v) is 4.93. The van der Waals surface area contributed by atoms with Gasteiger partial charge in [-0.1, -0.05) is 48.0 Å². The molecular formula is C20H23ClN2O3S. The van der Waals surface area contributed by atoms with Crippen LogP contribution in [0.4, 0.5) is 5.69 Å². The summed E-state index contributed by atoms with van der Waals surface area (Å²) < 4.78 is 26.7. The number of nitrogens with one attached hydrogen (secondary N) is 1. The normalized spacial score (nSPS) is 16.2. The summed E-state index contributed by atoms with van der Waals surface area (Å²) >= 11 is 6.09. The standard InChI is InChI=1S/C20H23ClN2O3S/c1-15-7-8-18(13-19(15)21)22-20(24)17-9-11-23(12-10-17)27(25,26)14-16-5-3-2-4-6-16/h2-8,13,17H,9-12,14H2,1H3,(H,22,24). The van der Waals surface area contributed by atoms with Gasteiger partial charge in [0.1, 0.15) is 0 Å². The largest absolute Gasteiger partial charge is 0.326 e. The predicted molar refractivity (Wildman–Crippen MR) is 108 cm³/mol. The van der Waals surface area contributed by atoms with Gasteiger partial charge in [-0.2, -0.15) is 0 Å². The van der Waals surface area contributed by atoms with E-state index in [4.69, 9.17) is 11.6 Å². The molecule has 0 saturated carbocycles. The first-order chi connectivity index (χ1) is 12.8. The minimum absolute atomic E-state index is 0.00737. The Bertz CT molecular complexity index is 908. The number of carbonyl (C=O) groups is 1. The number of aryl methyl sites for hydroxylation is 1. The van der Waals surface area contributed by atoms with Crippen molar-refractivity contribution in [1.29, 1.82) is 0 Å². The van der Waals surface area contributed by atoms with E-state index < -0.39 is 10.0 Å². The number of amides is 1. The van der Waals surface area contributed by atoms with Gasteiger partial charge in [0, 0.05) is 29.7 Å². The van der Waals surface area contributed by atoms with Crippen LogP contribution in [0, 0.1) is 12.8 Å².